The fourth-order valence-corrected chi connectivity index (χ4v) is 1.86. The first kappa shape index (κ1) is 12.3. The van der Waals surface area contributed by atoms with Gasteiger partial charge in [0.25, 0.3) is 0 Å². The molecule has 0 bridgehead atoms. The number of hydrogen-bond donors (Lipinski definition) is 0. The van der Waals surface area contributed by atoms with Gasteiger partial charge in [-0.1, -0.05) is 6.07 Å². The Labute approximate surface area is 98.0 Å². The van der Waals surface area contributed by atoms with Crippen molar-refractivity contribution in [2.45, 2.75) is 17.2 Å². The molecular formula is C11H11ClO2S. The van der Waals surface area contributed by atoms with E-state index in [-0.39, 0.29) is 5.78 Å². The van der Waals surface area contributed by atoms with Crippen LogP contribution in [0.25, 0.3) is 0 Å². The molecule has 0 amide bonds. The van der Waals surface area contributed by atoms with E-state index < -0.39 is 5.38 Å². The first-order valence-electron chi connectivity index (χ1n) is 4.37. The molecule has 2 nitrogen and oxygen atoms in total. The SMILES string of the molecule is CSc1ccc(C=O)c(C(Cl)C(C)=O)c1. The molecule has 0 spiro atoms. The third-order valence-electron chi connectivity index (χ3n) is 2.05. The number of carbonyl (C=O) groups excluding carboxylic acids is 2. The maximum absolute atomic E-state index is 11.2. The zero-order chi connectivity index (χ0) is 11.4. The Morgan fingerprint density at radius 1 is 1.53 bits per heavy atom. The fraction of sp³-hybridized carbons (Fsp3) is 0.273. The van der Waals surface area contributed by atoms with E-state index in [4.69, 9.17) is 11.6 Å². The Morgan fingerprint density at radius 3 is 2.67 bits per heavy atom. The Morgan fingerprint density at radius 2 is 2.20 bits per heavy atom. The Hall–Kier alpha value is -0.800. The summed E-state index contributed by atoms with van der Waals surface area (Å²) in [4.78, 5) is 22.9. The van der Waals surface area contributed by atoms with Crippen molar-refractivity contribution >= 4 is 35.4 Å². The van der Waals surface area contributed by atoms with E-state index in [0.717, 1.165) is 11.2 Å². The molecule has 0 saturated carbocycles. The van der Waals surface area contributed by atoms with Gasteiger partial charge in [-0.15, -0.1) is 23.4 Å². The highest BCUT2D eigenvalue weighted by atomic mass is 35.5. The van der Waals surface area contributed by atoms with Crippen LogP contribution in [-0.2, 0) is 4.79 Å². The summed E-state index contributed by atoms with van der Waals surface area (Å²) in [6.07, 6.45) is 2.65. The van der Waals surface area contributed by atoms with Gasteiger partial charge in [0.05, 0.1) is 0 Å². The molecule has 80 valence electrons. The number of alkyl halides is 1. The normalized spacial score (nSPS) is 12.2. The molecule has 0 fully saturated rings. The summed E-state index contributed by atoms with van der Waals surface area (Å²) in [5.41, 5.74) is 1.06. The summed E-state index contributed by atoms with van der Waals surface area (Å²) < 4.78 is 0. The van der Waals surface area contributed by atoms with Crippen LogP contribution in [0.5, 0.6) is 0 Å². The van der Waals surface area contributed by atoms with Crippen LogP contribution in [0, 0.1) is 0 Å². The number of thioether (sulfide) groups is 1. The molecule has 1 unspecified atom stereocenters. The van der Waals surface area contributed by atoms with Crippen LogP contribution >= 0.6 is 23.4 Å². The van der Waals surface area contributed by atoms with E-state index in [1.807, 2.05) is 12.3 Å². The molecule has 1 aromatic carbocycles. The second kappa shape index (κ2) is 5.33. The molecule has 0 aromatic heterocycles. The summed E-state index contributed by atoms with van der Waals surface area (Å²) in [6, 6.07) is 5.31. The van der Waals surface area contributed by atoms with E-state index in [2.05, 4.69) is 0 Å². The van der Waals surface area contributed by atoms with Gasteiger partial charge in [0, 0.05) is 10.5 Å². The monoisotopic (exact) mass is 242 g/mol. The van der Waals surface area contributed by atoms with E-state index in [0.29, 0.717) is 11.1 Å². The van der Waals surface area contributed by atoms with E-state index in [1.54, 1.807) is 23.9 Å². The lowest BCUT2D eigenvalue weighted by Crippen LogP contribution is -2.05. The van der Waals surface area contributed by atoms with Crippen molar-refractivity contribution in [3.8, 4) is 0 Å². The second-order valence-corrected chi connectivity index (χ2v) is 4.40. The van der Waals surface area contributed by atoms with Crippen molar-refractivity contribution in [2.24, 2.45) is 0 Å². The van der Waals surface area contributed by atoms with Gasteiger partial charge in [0.2, 0.25) is 0 Å². The average Bonchev–Trinajstić information content (AvgIpc) is 2.27. The summed E-state index contributed by atoms with van der Waals surface area (Å²) in [6.45, 7) is 1.41. The predicted molar refractivity (Wildman–Crippen MR) is 62.9 cm³/mol. The molecular weight excluding hydrogens is 232 g/mol. The quantitative estimate of drug-likeness (QED) is 0.462. The topological polar surface area (TPSA) is 34.1 Å². The number of ketones is 1. The summed E-state index contributed by atoms with van der Waals surface area (Å²) in [5, 5.41) is -0.739. The highest BCUT2D eigenvalue weighted by Crippen LogP contribution is 2.28. The number of Topliss-reactive ketones (excluding diaryl/α,β-unsaturated/α-hetero) is 1. The Bertz CT molecular complexity index is 390. The lowest BCUT2D eigenvalue weighted by molar-refractivity contribution is -0.116. The van der Waals surface area contributed by atoms with Gasteiger partial charge in [0.1, 0.15) is 11.7 Å². The highest BCUT2D eigenvalue weighted by Gasteiger charge is 2.17. The molecule has 0 N–H and O–H groups in total. The third-order valence-corrected chi connectivity index (χ3v) is 3.32. The van der Waals surface area contributed by atoms with Crippen LogP contribution < -0.4 is 0 Å². The van der Waals surface area contributed by atoms with Crippen molar-refractivity contribution in [3.05, 3.63) is 29.3 Å². The van der Waals surface area contributed by atoms with Gasteiger partial charge < -0.3 is 0 Å². The summed E-state index contributed by atoms with van der Waals surface area (Å²) in [5.74, 6) is -0.155. The number of carbonyl (C=O) groups is 2. The minimum atomic E-state index is -0.739. The Balaban J connectivity index is 3.22. The molecule has 1 atom stereocenters. The highest BCUT2D eigenvalue weighted by molar-refractivity contribution is 7.98. The van der Waals surface area contributed by atoms with E-state index >= 15 is 0 Å². The molecule has 0 heterocycles. The van der Waals surface area contributed by atoms with Gasteiger partial charge in [-0.2, -0.15) is 0 Å². The first-order chi connectivity index (χ1) is 7.10. The first-order valence-corrected chi connectivity index (χ1v) is 6.04. The van der Waals surface area contributed by atoms with Gasteiger partial charge in [-0.05, 0) is 30.9 Å². The molecule has 4 heteroatoms. The van der Waals surface area contributed by atoms with Crippen LogP contribution in [0.4, 0.5) is 0 Å². The average molecular weight is 243 g/mol. The van der Waals surface area contributed by atoms with Crippen molar-refractivity contribution in [3.63, 3.8) is 0 Å². The Kier molecular flexibility index (Phi) is 4.36. The molecule has 1 rings (SSSR count). The maximum atomic E-state index is 11.2. The maximum Gasteiger partial charge on any atom is 0.152 e. The number of halogens is 1. The molecule has 1 aromatic rings. The lowest BCUT2D eigenvalue weighted by atomic mass is 10.0. The van der Waals surface area contributed by atoms with E-state index in [9.17, 15) is 9.59 Å². The predicted octanol–water partition coefficient (Wildman–Crippen LogP) is 3.09. The minimum absolute atomic E-state index is 0.155. The van der Waals surface area contributed by atoms with Crippen molar-refractivity contribution in [2.75, 3.05) is 6.26 Å². The van der Waals surface area contributed by atoms with Gasteiger partial charge in [-0.3, -0.25) is 9.59 Å². The van der Waals surface area contributed by atoms with Crippen molar-refractivity contribution in [1.82, 2.24) is 0 Å². The number of benzene rings is 1. The zero-order valence-corrected chi connectivity index (χ0v) is 10.1. The molecule has 15 heavy (non-hydrogen) atoms. The zero-order valence-electron chi connectivity index (χ0n) is 8.49. The van der Waals surface area contributed by atoms with Crippen LogP contribution in [0.15, 0.2) is 23.1 Å². The molecule has 0 aliphatic carbocycles. The summed E-state index contributed by atoms with van der Waals surface area (Å²) in [7, 11) is 0. The number of hydrogen-bond acceptors (Lipinski definition) is 3. The molecule has 0 aliphatic heterocycles. The standard InChI is InChI=1S/C11H11ClO2S/c1-7(14)11(12)10-5-9(15-2)4-3-8(10)6-13/h3-6,11H,1-2H3. The second-order valence-electron chi connectivity index (χ2n) is 3.09. The van der Waals surface area contributed by atoms with Gasteiger partial charge in [-0.25, -0.2) is 0 Å². The summed E-state index contributed by atoms with van der Waals surface area (Å²) >= 11 is 7.48. The third kappa shape index (κ3) is 2.83. The van der Waals surface area contributed by atoms with Crippen molar-refractivity contribution < 1.29 is 9.59 Å². The molecule has 0 radical (unpaired) electrons. The fourth-order valence-electron chi connectivity index (χ4n) is 1.23. The van der Waals surface area contributed by atoms with Crippen LogP contribution in [0.2, 0.25) is 0 Å². The van der Waals surface area contributed by atoms with Gasteiger partial charge >= 0.3 is 0 Å². The van der Waals surface area contributed by atoms with Gasteiger partial charge in [0.15, 0.2) is 5.78 Å². The van der Waals surface area contributed by atoms with Crippen molar-refractivity contribution in [1.29, 1.82) is 0 Å². The largest absolute Gasteiger partial charge is 0.298 e. The van der Waals surface area contributed by atoms with Crippen LogP contribution in [-0.4, -0.2) is 18.3 Å². The number of rotatable bonds is 4. The van der Waals surface area contributed by atoms with E-state index in [1.165, 1.54) is 6.92 Å². The molecule has 0 aliphatic rings. The minimum Gasteiger partial charge on any atom is -0.298 e. The van der Waals surface area contributed by atoms with Crippen LogP contribution in [0.1, 0.15) is 28.2 Å². The van der Waals surface area contributed by atoms with Crippen LogP contribution in [0.3, 0.4) is 0 Å². The lowest BCUT2D eigenvalue weighted by Gasteiger charge is -2.10. The smallest absolute Gasteiger partial charge is 0.152 e. The number of aldehydes is 1. The molecule has 0 saturated heterocycles.